The summed E-state index contributed by atoms with van der Waals surface area (Å²) >= 11 is 10.3. The zero-order valence-corrected chi connectivity index (χ0v) is 19.3. The predicted octanol–water partition coefficient (Wildman–Crippen LogP) is 3.30. The summed E-state index contributed by atoms with van der Waals surface area (Å²) in [6, 6.07) is 1.33. The van der Waals surface area contributed by atoms with Crippen molar-refractivity contribution < 1.29 is 31.0 Å². The van der Waals surface area contributed by atoms with Crippen LogP contribution in [-0.4, -0.2) is 53.3 Å². The highest BCUT2D eigenvalue weighted by atomic mass is 35.5. The molecule has 0 aliphatic heterocycles. The zero-order chi connectivity index (χ0) is 23.6. The molecule has 0 saturated heterocycles. The van der Waals surface area contributed by atoms with Crippen molar-refractivity contribution in [3.63, 3.8) is 0 Å². The summed E-state index contributed by atoms with van der Waals surface area (Å²) in [5.74, 6) is -0.477. The maximum absolute atomic E-state index is 13.0. The van der Waals surface area contributed by atoms with Gasteiger partial charge in [-0.15, -0.1) is 0 Å². The third-order valence-corrected chi connectivity index (χ3v) is 7.16. The van der Waals surface area contributed by atoms with Gasteiger partial charge in [-0.3, -0.25) is 0 Å². The number of anilines is 1. The second-order valence-corrected chi connectivity index (χ2v) is 10.7. The Balaban J connectivity index is 2.41. The van der Waals surface area contributed by atoms with Crippen molar-refractivity contribution in [2.75, 3.05) is 30.1 Å². The van der Waals surface area contributed by atoms with E-state index in [0.717, 1.165) is 10.9 Å². The SMILES string of the molecule is CCS(=O)(=O)CCO/N=C/c1nn(-c2c(Cl)cc(C(F)(F)F)cc2Cl)c(N)c1[S+](C)[O-]. The van der Waals surface area contributed by atoms with Crippen LogP contribution in [0.4, 0.5) is 19.0 Å². The van der Waals surface area contributed by atoms with Gasteiger partial charge in [-0.05, 0) is 23.3 Å². The highest BCUT2D eigenvalue weighted by Crippen LogP contribution is 2.39. The van der Waals surface area contributed by atoms with Gasteiger partial charge >= 0.3 is 6.18 Å². The lowest BCUT2D eigenvalue weighted by molar-refractivity contribution is -0.137. The maximum atomic E-state index is 13.0. The van der Waals surface area contributed by atoms with Gasteiger partial charge in [0.15, 0.2) is 21.3 Å². The van der Waals surface area contributed by atoms with E-state index in [9.17, 15) is 26.1 Å². The van der Waals surface area contributed by atoms with Crippen LogP contribution in [0.3, 0.4) is 0 Å². The molecular weight excluding hydrogens is 504 g/mol. The van der Waals surface area contributed by atoms with Crippen molar-refractivity contribution in [2.24, 2.45) is 5.16 Å². The Kier molecular flexibility index (Phi) is 8.14. The molecule has 1 unspecified atom stereocenters. The highest BCUT2D eigenvalue weighted by Gasteiger charge is 2.33. The predicted molar refractivity (Wildman–Crippen MR) is 113 cm³/mol. The average Bonchev–Trinajstić information content (AvgIpc) is 2.96. The Morgan fingerprint density at radius 2 is 1.94 bits per heavy atom. The first-order chi connectivity index (χ1) is 14.3. The quantitative estimate of drug-likeness (QED) is 0.246. The number of oxime groups is 1. The lowest BCUT2D eigenvalue weighted by Crippen LogP contribution is -2.12. The van der Waals surface area contributed by atoms with E-state index in [1.165, 1.54) is 13.2 Å². The van der Waals surface area contributed by atoms with Gasteiger partial charge in [-0.2, -0.15) is 18.3 Å². The molecule has 31 heavy (non-hydrogen) atoms. The van der Waals surface area contributed by atoms with Gasteiger partial charge in [-0.1, -0.05) is 35.3 Å². The van der Waals surface area contributed by atoms with Crippen LogP contribution < -0.4 is 5.73 Å². The fourth-order valence-electron chi connectivity index (χ4n) is 2.36. The van der Waals surface area contributed by atoms with Crippen molar-refractivity contribution in [1.29, 1.82) is 0 Å². The van der Waals surface area contributed by atoms with Crippen LogP contribution in [0.5, 0.6) is 0 Å². The number of hydrogen-bond acceptors (Lipinski definition) is 7. The topological polar surface area (TPSA) is 123 Å². The van der Waals surface area contributed by atoms with Crippen molar-refractivity contribution in [1.82, 2.24) is 9.78 Å². The van der Waals surface area contributed by atoms with E-state index >= 15 is 0 Å². The van der Waals surface area contributed by atoms with Crippen LogP contribution in [-0.2, 0) is 32.0 Å². The Morgan fingerprint density at radius 1 is 1.35 bits per heavy atom. The number of benzene rings is 1. The molecule has 2 aromatic rings. The molecule has 8 nitrogen and oxygen atoms in total. The minimum atomic E-state index is -4.67. The van der Waals surface area contributed by atoms with Crippen LogP contribution in [0, 0.1) is 0 Å². The number of nitrogens with zero attached hydrogens (tertiary/aromatic N) is 3. The fraction of sp³-hybridized carbons (Fsp3) is 0.375. The number of nitrogen functional groups attached to an aromatic ring is 1. The van der Waals surface area contributed by atoms with Crippen LogP contribution in [0.15, 0.2) is 22.2 Å². The normalized spacial score (nSPS) is 13.7. The smallest absolute Gasteiger partial charge is 0.416 e. The minimum Gasteiger partial charge on any atom is -0.611 e. The molecule has 0 aliphatic rings. The van der Waals surface area contributed by atoms with Crippen LogP contribution in [0.25, 0.3) is 5.69 Å². The molecule has 0 saturated carbocycles. The second kappa shape index (κ2) is 9.86. The molecule has 2 N–H and O–H groups in total. The molecule has 2 rings (SSSR count). The summed E-state index contributed by atoms with van der Waals surface area (Å²) in [5.41, 5.74) is 4.76. The first kappa shape index (κ1) is 25.6. The number of rotatable bonds is 8. The number of sulfone groups is 1. The van der Waals surface area contributed by atoms with Gasteiger partial charge < -0.3 is 15.1 Å². The Hall–Kier alpha value is -1.67. The summed E-state index contributed by atoms with van der Waals surface area (Å²) in [6.45, 7) is 1.28. The maximum Gasteiger partial charge on any atom is 0.416 e. The summed E-state index contributed by atoms with van der Waals surface area (Å²) in [7, 11) is -3.25. The molecule has 15 heteroatoms. The molecule has 0 fully saturated rings. The fourth-order valence-corrected chi connectivity index (χ4v) is 4.40. The van der Waals surface area contributed by atoms with Crippen molar-refractivity contribution >= 4 is 56.2 Å². The van der Waals surface area contributed by atoms with Crippen molar-refractivity contribution in [2.45, 2.75) is 18.0 Å². The van der Waals surface area contributed by atoms with E-state index in [0.29, 0.717) is 12.1 Å². The molecule has 1 aromatic heterocycles. The molecule has 0 aliphatic carbocycles. The van der Waals surface area contributed by atoms with E-state index in [4.69, 9.17) is 33.8 Å². The van der Waals surface area contributed by atoms with Gasteiger partial charge in [0, 0.05) is 5.75 Å². The molecule has 0 bridgehead atoms. The van der Waals surface area contributed by atoms with Crippen molar-refractivity contribution in [3.8, 4) is 5.69 Å². The standard InChI is InChI=1S/C16H17Cl2F3N4O4S2/c1-3-31(27,28)5-4-29-23-8-12-14(30(2)26)15(22)25(24-12)13-10(17)6-9(7-11(13)18)16(19,20)21/h6-8H,3-5,22H2,1-2H3/b23-8+. The Labute approximate surface area is 189 Å². The minimum absolute atomic E-state index is 0.0144. The zero-order valence-electron chi connectivity index (χ0n) is 16.1. The molecular formula is C16H17Cl2F3N4O4S2. The van der Waals surface area contributed by atoms with Gasteiger partial charge in [0.05, 0.1) is 27.6 Å². The first-order valence-electron chi connectivity index (χ1n) is 8.42. The Morgan fingerprint density at radius 3 is 2.42 bits per heavy atom. The van der Waals surface area contributed by atoms with Gasteiger partial charge in [0.2, 0.25) is 4.90 Å². The number of aromatic nitrogens is 2. The van der Waals surface area contributed by atoms with Gasteiger partial charge in [0.25, 0.3) is 0 Å². The third kappa shape index (κ3) is 6.19. The summed E-state index contributed by atoms with van der Waals surface area (Å²) in [4.78, 5) is 4.90. The molecule has 172 valence electrons. The number of hydrogen-bond donors (Lipinski definition) is 1. The van der Waals surface area contributed by atoms with Gasteiger partial charge in [-0.25, -0.2) is 13.1 Å². The lowest BCUT2D eigenvalue weighted by Gasteiger charge is -2.13. The van der Waals surface area contributed by atoms with Crippen molar-refractivity contribution in [3.05, 3.63) is 33.4 Å². The van der Waals surface area contributed by atoms with Crippen LogP contribution in [0.2, 0.25) is 10.0 Å². The monoisotopic (exact) mass is 520 g/mol. The second-order valence-electron chi connectivity index (χ2n) is 6.06. The molecule has 0 radical (unpaired) electrons. The first-order valence-corrected chi connectivity index (χ1v) is 12.6. The van der Waals surface area contributed by atoms with Crippen LogP contribution >= 0.6 is 23.2 Å². The Bertz CT molecular complexity index is 1070. The lowest BCUT2D eigenvalue weighted by atomic mass is 10.2. The summed E-state index contributed by atoms with van der Waals surface area (Å²) < 4.78 is 74.8. The number of alkyl halides is 3. The third-order valence-electron chi connectivity index (χ3n) is 3.92. The number of halogens is 5. The molecule has 0 spiro atoms. The molecule has 1 atom stereocenters. The molecule has 1 aromatic carbocycles. The summed E-state index contributed by atoms with van der Waals surface area (Å²) in [6.07, 6.45) is -2.31. The van der Waals surface area contributed by atoms with Gasteiger partial charge in [0.1, 0.15) is 18.6 Å². The largest absolute Gasteiger partial charge is 0.611 e. The highest BCUT2D eigenvalue weighted by molar-refractivity contribution is 7.91. The van der Waals surface area contributed by atoms with E-state index in [1.807, 2.05) is 0 Å². The van der Waals surface area contributed by atoms with E-state index in [-0.39, 0.29) is 50.3 Å². The van der Waals surface area contributed by atoms with Crippen LogP contribution in [0.1, 0.15) is 18.2 Å². The van der Waals surface area contributed by atoms with E-state index in [1.54, 1.807) is 0 Å². The van der Waals surface area contributed by atoms with E-state index in [2.05, 4.69) is 10.3 Å². The molecule has 0 amide bonds. The molecule has 1 heterocycles. The summed E-state index contributed by atoms with van der Waals surface area (Å²) in [5, 5.41) is 6.90. The number of nitrogens with two attached hydrogens (primary N) is 1. The average molecular weight is 521 g/mol. The van der Waals surface area contributed by atoms with E-state index < -0.39 is 32.8 Å².